The van der Waals surface area contributed by atoms with Crippen molar-refractivity contribution >= 4 is 39.8 Å². The Morgan fingerprint density at radius 1 is 1.26 bits per heavy atom. The minimum absolute atomic E-state index is 0.00784. The predicted molar refractivity (Wildman–Crippen MR) is 130 cm³/mol. The van der Waals surface area contributed by atoms with Crippen LogP contribution in [0, 0.1) is 10.1 Å². The summed E-state index contributed by atoms with van der Waals surface area (Å²) in [4.78, 5) is 32.0. The van der Waals surface area contributed by atoms with Crippen molar-refractivity contribution in [2.24, 2.45) is 0 Å². The summed E-state index contributed by atoms with van der Waals surface area (Å²) >= 11 is 2.62. The predicted octanol–water partition coefficient (Wildman–Crippen LogP) is 4.83. The standard InChI is InChI=1S/C22H19N7O3S2/c1-13(34-22-27-26-19(28(22)16-7-8-16)15-5-3-9-23-11-15)20(30)25-21-24-18(12-33-21)14-4-2-6-17(10-14)29(31)32/h2-6,9-13,16H,7-8H2,1H3,(H,24,25,30). The topological polar surface area (TPSA) is 129 Å². The van der Waals surface area contributed by atoms with Crippen LogP contribution < -0.4 is 5.32 Å². The van der Waals surface area contributed by atoms with Crippen LogP contribution in [-0.2, 0) is 4.79 Å². The molecule has 1 saturated carbocycles. The van der Waals surface area contributed by atoms with Crippen molar-refractivity contribution in [1.29, 1.82) is 0 Å². The molecule has 0 aliphatic heterocycles. The molecule has 5 rings (SSSR count). The lowest BCUT2D eigenvalue weighted by molar-refractivity contribution is -0.384. The summed E-state index contributed by atoms with van der Waals surface area (Å²) in [5.74, 6) is 0.547. The van der Waals surface area contributed by atoms with Crippen molar-refractivity contribution in [1.82, 2.24) is 24.7 Å². The third-order valence-electron chi connectivity index (χ3n) is 5.23. The van der Waals surface area contributed by atoms with Gasteiger partial charge in [0, 0.05) is 47.1 Å². The molecule has 12 heteroatoms. The second kappa shape index (κ2) is 9.31. The van der Waals surface area contributed by atoms with E-state index in [1.54, 1.807) is 29.9 Å². The van der Waals surface area contributed by atoms with Crippen LogP contribution in [0.4, 0.5) is 10.8 Å². The highest BCUT2D eigenvalue weighted by atomic mass is 32.2. The molecule has 3 aromatic heterocycles. The summed E-state index contributed by atoms with van der Waals surface area (Å²) in [5.41, 5.74) is 2.07. The number of benzene rings is 1. The first-order chi connectivity index (χ1) is 16.5. The van der Waals surface area contributed by atoms with Gasteiger partial charge in [-0.2, -0.15) is 0 Å². The number of anilines is 1. The molecule has 0 saturated heterocycles. The van der Waals surface area contributed by atoms with Crippen molar-refractivity contribution in [2.75, 3.05) is 5.32 Å². The van der Waals surface area contributed by atoms with Gasteiger partial charge < -0.3 is 5.32 Å². The number of nitro benzene ring substituents is 1. The summed E-state index contributed by atoms with van der Waals surface area (Å²) in [5, 5.41) is 25.0. The van der Waals surface area contributed by atoms with Crippen molar-refractivity contribution < 1.29 is 9.72 Å². The molecule has 1 aromatic carbocycles. The number of pyridine rings is 1. The Bertz CT molecular complexity index is 1350. The summed E-state index contributed by atoms with van der Waals surface area (Å²) in [6.45, 7) is 1.81. The number of non-ortho nitro benzene ring substituents is 1. The molecule has 10 nitrogen and oxygen atoms in total. The van der Waals surface area contributed by atoms with E-state index in [2.05, 4.69) is 30.0 Å². The van der Waals surface area contributed by atoms with Gasteiger partial charge in [-0.15, -0.1) is 21.5 Å². The number of amides is 1. The average molecular weight is 494 g/mol. The zero-order valence-corrected chi connectivity index (χ0v) is 19.6. The van der Waals surface area contributed by atoms with E-state index in [4.69, 9.17) is 0 Å². The van der Waals surface area contributed by atoms with E-state index in [0.29, 0.717) is 27.6 Å². The van der Waals surface area contributed by atoms with Crippen LogP contribution >= 0.6 is 23.1 Å². The highest BCUT2D eigenvalue weighted by Gasteiger charge is 2.31. The lowest BCUT2D eigenvalue weighted by Crippen LogP contribution is -2.22. The number of rotatable bonds is 8. The quantitative estimate of drug-likeness (QED) is 0.210. The molecule has 3 heterocycles. The maximum Gasteiger partial charge on any atom is 0.270 e. The van der Waals surface area contributed by atoms with Gasteiger partial charge in [-0.3, -0.25) is 24.5 Å². The molecular weight excluding hydrogens is 474 g/mol. The molecule has 1 N–H and O–H groups in total. The van der Waals surface area contributed by atoms with E-state index >= 15 is 0 Å². The smallest absolute Gasteiger partial charge is 0.270 e. The lowest BCUT2D eigenvalue weighted by atomic mass is 10.1. The van der Waals surface area contributed by atoms with E-state index in [-0.39, 0.29) is 11.6 Å². The summed E-state index contributed by atoms with van der Waals surface area (Å²) < 4.78 is 2.09. The number of nitrogens with zero attached hydrogens (tertiary/aromatic N) is 6. The number of thioether (sulfide) groups is 1. The summed E-state index contributed by atoms with van der Waals surface area (Å²) in [7, 11) is 0. The van der Waals surface area contributed by atoms with Gasteiger partial charge in [0.15, 0.2) is 16.1 Å². The molecular formula is C22H19N7O3S2. The van der Waals surface area contributed by atoms with Crippen LogP contribution in [0.15, 0.2) is 59.3 Å². The Labute approximate surface area is 202 Å². The fourth-order valence-corrected chi connectivity index (χ4v) is 5.01. The third kappa shape index (κ3) is 4.68. The maximum atomic E-state index is 12.9. The third-order valence-corrected chi connectivity index (χ3v) is 7.05. The zero-order valence-electron chi connectivity index (χ0n) is 18.0. The molecule has 1 unspecified atom stereocenters. The highest BCUT2D eigenvalue weighted by Crippen LogP contribution is 2.41. The van der Waals surface area contributed by atoms with Gasteiger partial charge in [0.2, 0.25) is 5.91 Å². The minimum atomic E-state index is -0.447. The van der Waals surface area contributed by atoms with Crippen LogP contribution in [0.1, 0.15) is 25.8 Å². The van der Waals surface area contributed by atoms with E-state index in [1.807, 2.05) is 19.1 Å². The Kier molecular flexibility index (Phi) is 6.07. The van der Waals surface area contributed by atoms with E-state index in [9.17, 15) is 14.9 Å². The van der Waals surface area contributed by atoms with E-state index in [1.165, 1.54) is 35.2 Å². The van der Waals surface area contributed by atoms with Gasteiger partial charge in [-0.05, 0) is 31.9 Å². The van der Waals surface area contributed by atoms with Crippen molar-refractivity contribution in [3.63, 3.8) is 0 Å². The van der Waals surface area contributed by atoms with Gasteiger partial charge in [0.25, 0.3) is 5.69 Å². The summed E-state index contributed by atoms with van der Waals surface area (Å²) in [6.07, 6.45) is 5.58. The first-order valence-corrected chi connectivity index (χ1v) is 12.3. The van der Waals surface area contributed by atoms with Crippen LogP contribution in [-0.4, -0.2) is 40.8 Å². The van der Waals surface area contributed by atoms with Crippen LogP contribution in [0.2, 0.25) is 0 Å². The molecule has 34 heavy (non-hydrogen) atoms. The SMILES string of the molecule is CC(Sc1nnc(-c2cccnc2)n1C1CC1)C(=O)Nc1nc(-c2cccc([N+](=O)[O-])c2)cs1. The van der Waals surface area contributed by atoms with Crippen molar-refractivity contribution in [3.8, 4) is 22.6 Å². The zero-order chi connectivity index (χ0) is 23.7. The fourth-order valence-electron chi connectivity index (χ4n) is 3.37. The molecule has 1 aliphatic rings. The Hall–Kier alpha value is -3.64. The first-order valence-electron chi connectivity index (χ1n) is 10.5. The van der Waals surface area contributed by atoms with E-state index in [0.717, 1.165) is 24.2 Å². The Balaban J connectivity index is 1.29. The van der Waals surface area contributed by atoms with Crippen LogP contribution in [0.5, 0.6) is 0 Å². The van der Waals surface area contributed by atoms with Crippen LogP contribution in [0.3, 0.4) is 0 Å². The summed E-state index contributed by atoms with van der Waals surface area (Å²) in [6, 6.07) is 10.4. The lowest BCUT2D eigenvalue weighted by Gasteiger charge is -2.12. The number of hydrogen-bond acceptors (Lipinski definition) is 9. The van der Waals surface area contributed by atoms with Gasteiger partial charge in [-0.25, -0.2) is 4.98 Å². The molecule has 1 aliphatic carbocycles. The first kappa shape index (κ1) is 22.2. The Morgan fingerprint density at radius 2 is 2.09 bits per heavy atom. The van der Waals surface area contributed by atoms with Crippen molar-refractivity contribution in [2.45, 2.75) is 36.2 Å². The minimum Gasteiger partial charge on any atom is -0.301 e. The molecule has 4 aromatic rings. The van der Waals surface area contributed by atoms with Gasteiger partial charge >= 0.3 is 0 Å². The number of aromatic nitrogens is 5. The Morgan fingerprint density at radius 3 is 2.82 bits per heavy atom. The monoisotopic (exact) mass is 493 g/mol. The molecule has 0 spiro atoms. The van der Waals surface area contributed by atoms with Crippen molar-refractivity contribution in [3.05, 3.63) is 64.3 Å². The molecule has 0 radical (unpaired) electrons. The number of thiazole rings is 1. The average Bonchev–Trinajstić information content (AvgIpc) is 3.43. The number of nitrogens with one attached hydrogen (secondary N) is 1. The van der Waals surface area contributed by atoms with Gasteiger partial charge in [0.05, 0.1) is 15.9 Å². The second-order valence-corrected chi connectivity index (χ2v) is 9.91. The van der Waals surface area contributed by atoms with Crippen LogP contribution in [0.25, 0.3) is 22.6 Å². The second-order valence-electron chi connectivity index (χ2n) is 7.74. The van der Waals surface area contributed by atoms with Gasteiger partial charge in [-0.1, -0.05) is 23.9 Å². The molecule has 172 valence electrons. The number of carbonyl (C=O) groups excluding carboxylic acids is 1. The molecule has 1 atom stereocenters. The number of hydrogen-bond donors (Lipinski definition) is 1. The molecule has 0 bridgehead atoms. The highest BCUT2D eigenvalue weighted by molar-refractivity contribution is 8.00. The normalized spacial score (nSPS) is 14.0. The fraction of sp³-hybridized carbons (Fsp3) is 0.227. The largest absolute Gasteiger partial charge is 0.301 e. The van der Waals surface area contributed by atoms with Gasteiger partial charge in [0.1, 0.15) is 0 Å². The van der Waals surface area contributed by atoms with E-state index < -0.39 is 10.2 Å². The maximum absolute atomic E-state index is 12.9. The molecule has 1 fully saturated rings. The molecule has 1 amide bonds. The number of nitro groups is 1. The number of carbonyl (C=O) groups is 1.